The molecule has 0 radical (unpaired) electrons. The second kappa shape index (κ2) is 4.11. The molecule has 0 spiro atoms. The molecule has 0 unspecified atom stereocenters. The van der Waals surface area contributed by atoms with E-state index in [2.05, 4.69) is 19.9 Å². The third kappa shape index (κ3) is 2.44. The Morgan fingerprint density at radius 1 is 1.26 bits per heavy atom. The van der Waals surface area contributed by atoms with E-state index in [1.807, 2.05) is 19.3 Å². The van der Waals surface area contributed by atoms with Crippen molar-refractivity contribution in [1.29, 1.82) is 0 Å². The van der Waals surface area contributed by atoms with Crippen LogP contribution in [0.3, 0.4) is 0 Å². The van der Waals surface area contributed by atoms with Crippen molar-refractivity contribution < 1.29 is 18.3 Å². The zero-order chi connectivity index (χ0) is 13.5. The molecular formula is C12H11F2N3O2. The maximum Gasteiger partial charge on any atom is 0.586 e. The second-order valence-corrected chi connectivity index (χ2v) is 4.16. The molecule has 2 aromatic rings. The average molecular weight is 267 g/mol. The molecule has 0 amide bonds. The first-order valence-electron chi connectivity index (χ1n) is 5.64. The van der Waals surface area contributed by atoms with Gasteiger partial charge in [-0.05, 0) is 18.2 Å². The zero-order valence-electron chi connectivity index (χ0n) is 10.1. The summed E-state index contributed by atoms with van der Waals surface area (Å²) in [5.41, 5.74) is 1.51. The molecule has 5 nitrogen and oxygen atoms in total. The van der Waals surface area contributed by atoms with Gasteiger partial charge in [0.1, 0.15) is 0 Å². The van der Waals surface area contributed by atoms with E-state index in [-0.39, 0.29) is 11.5 Å². The standard InChI is InChI=1S/C12H11F2N3O2/c1-17-5-4-9(16-17)7-15-8-2-3-10-11(6-8)19-12(13,14)18-10/h2-6,15H,7H2,1H3. The first-order valence-corrected chi connectivity index (χ1v) is 5.64. The largest absolute Gasteiger partial charge is 0.586 e. The average Bonchev–Trinajstić information content (AvgIpc) is 2.87. The number of ether oxygens (including phenoxy) is 2. The van der Waals surface area contributed by atoms with Gasteiger partial charge in [0, 0.05) is 25.0 Å². The van der Waals surface area contributed by atoms with Crippen molar-refractivity contribution in [3.05, 3.63) is 36.2 Å². The normalized spacial score (nSPS) is 15.5. The van der Waals surface area contributed by atoms with Crippen LogP contribution in [-0.4, -0.2) is 16.1 Å². The second-order valence-electron chi connectivity index (χ2n) is 4.16. The van der Waals surface area contributed by atoms with Gasteiger partial charge in [0.2, 0.25) is 0 Å². The lowest BCUT2D eigenvalue weighted by Gasteiger charge is -2.05. The summed E-state index contributed by atoms with van der Waals surface area (Å²) in [4.78, 5) is 0. The summed E-state index contributed by atoms with van der Waals surface area (Å²) in [7, 11) is 1.83. The fraction of sp³-hybridized carbons (Fsp3) is 0.250. The Hall–Kier alpha value is -2.31. The highest BCUT2D eigenvalue weighted by atomic mass is 19.3. The zero-order valence-corrected chi connectivity index (χ0v) is 10.1. The van der Waals surface area contributed by atoms with Crippen LogP contribution in [-0.2, 0) is 13.6 Å². The van der Waals surface area contributed by atoms with Crippen molar-refractivity contribution >= 4 is 5.69 Å². The van der Waals surface area contributed by atoms with Crippen molar-refractivity contribution in [2.45, 2.75) is 12.8 Å². The first-order chi connectivity index (χ1) is 9.02. The van der Waals surface area contributed by atoms with Crippen LogP contribution in [0.2, 0.25) is 0 Å². The maximum atomic E-state index is 12.8. The first kappa shape index (κ1) is 11.8. The summed E-state index contributed by atoms with van der Waals surface area (Å²) in [5.74, 6) is 0.0596. The number of nitrogens with one attached hydrogen (secondary N) is 1. The van der Waals surface area contributed by atoms with Crippen LogP contribution in [0.5, 0.6) is 11.5 Å². The van der Waals surface area contributed by atoms with Crippen molar-refractivity contribution in [2.75, 3.05) is 5.32 Å². The van der Waals surface area contributed by atoms with Crippen molar-refractivity contribution in [3.63, 3.8) is 0 Å². The molecule has 0 atom stereocenters. The molecule has 1 aromatic heterocycles. The molecule has 1 aliphatic rings. The molecular weight excluding hydrogens is 256 g/mol. The maximum absolute atomic E-state index is 12.8. The number of halogens is 2. The number of anilines is 1. The molecule has 7 heteroatoms. The van der Waals surface area contributed by atoms with E-state index in [9.17, 15) is 8.78 Å². The third-order valence-electron chi connectivity index (χ3n) is 2.64. The van der Waals surface area contributed by atoms with Gasteiger partial charge in [0.25, 0.3) is 0 Å². The Morgan fingerprint density at radius 2 is 2.05 bits per heavy atom. The van der Waals surface area contributed by atoms with Crippen molar-refractivity contribution in [3.8, 4) is 11.5 Å². The molecule has 0 aliphatic carbocycles. The number of rotatable bonds is 3. The van der Waals surface area contributed by atoms with Crippen LogP contribution >= 0.6 is 0 Å². The third-order valence-corrected chi connectivity index (χ3v) is 2.64. The smallest absolute Gasteiger partial charge is 0.395 e. The topological polar surface area (TPSA) is 48.3 Å². The summed E-state index contributed by atoms with van der Waals surface area (Å²) in [6.45, 7) is 0.497. The minimum Gasteiger partial charge on any atom is -0.395 e. The highest BCUT2D eigenvalue weighted by Crippen LogP contribution is 2.42. The minimum absolute atomic E-state index is 0.0241. The van der Waals surface area contributed by atoms with Crippen LogP contribution in [0.4, 0.5) is 14.5 Å². The van der Waals surface area contributed by atoms with Crippen LogP contribution in [0.25, 0.3) is 0 Å². The van der Waals surface area contributed by atoms with Crippen LogP contribution in [0.1, 0.15) is 5.69 Å². The Bertz CT molecular complexity index is 613. The predicted octanol–water partition coefficient (Wildman–Crippen LogP) is 2.35. The molecule has 1 aliphatic heterocycles. The lowest BCUT2D eigenvalue weighted by molar-refractivity contribution is -0.286. The van der Waals surface area contributed by atoms with Crippen molar-refractivity contribution in [2.24, 2.45) is 7.05 Å². The van der Waals surface area contributed by atoms with Crippen molar-refractivity contribution in [1.82, 2.24) is 9.78 Å². The molecule has 2 heterocycles. The Kier molecular flexibility index (Phi) is 2.55. The molecule has 0 fully saturated rings. The summed E-state index contributed by atoms with van der Waals surface area (Å²) >= 11 is 0. The quantitative estimate of drug-likeness (QED) is 0.927. The summed E-state index contributed by atoms with van der Waals surface area (Å²) < 4.78 is 36.1. The van der Waals surface area contributed by atoms with Crippen LogP contribution in [0.15, 0.2) is 30.5 Å². The molecule has 1 N–H and O–H groups in total. The molecule has 100 valence electrons. The van der Waals surface area contributed by atoms with Gasteiger partial charge in [-0.1, -0.05) is 0 Å². The highest BCUT2D eigenvalue weighted by Gasteiger charge is 2.43. The number of aryl methyl sites for hydroxylation is 1. The van der Waals surface area contributed by atoms with Gasteiger partial charge < -0.3 is 14.8 Å². The van der Waals surface area contributed by atoms with E-state index < -0.39 is 6.29 Å². The van der Waals surface area contributed by atoms with E-state index in [1.54, 1.807) is 10.7 Å². The van der Waals surface area contributed by atoms with Gasteiger partial charge >= 0.3 is 6.29 Å². The molecule has 1 aromatic carbocycles. The van der Waals surface area contributed by atoms with Gasteiger partial charge in [0.05, 0.1) is 12.2 Å². The van der Waals surface area contributed by atoms with Gasteiger partial charge in [-0.15, -0.1) is 8.78 Å². The summed E-state index contributed by atoms with van der Waals surface area (Å²) in [6.07, 6.45) is -1.75. The van der Waals surface area contributed by atoms with E-state index in [1.165, 1.54) is 12.1 Å². The van der Waals surface area contributed by atoms with Gasteiger partial charge in [-0.25, -0.2) is 0 Å². The Labute approximate surface area is 107 Å². The van der Waals surface area contributed by atoms with Crippen LogP contribution < -0.4 is 14.8 Å². The fourth-order valence-electron chi connectivity index (χ4n) is 1.81. The molecule has 0 saturated heterocycles. The minimum atomic E-state index is -3.58. The SMILES string of the molecule is Cn1ccc(CNc2ccc3c(c2)OC(F)(F)O3)n1. The molecule has 0 bridgehead atoms. The lowest BCUT2D eigenvalue weighted by atomic mass is 10.2. The summed E-state index contributed by atoms with van der Waals surface area (Å²) in [6, 6.07) is 6.43. The fourth-order valence-corrected chi connectivity index (χ4v) is 1.81. The highest BCUT2D eigenvalue weighted by molar-refractivity contribution is 5.56. The number of aromatic nitrogens is 2. The monoisotopic (exact) mass is 267 g/mol. The lowest BCUT2D eigenvalue weighted by Crippen LogP contribution is -2.25. The van der Waals surface area contributed by atoms with E-state index >= 15 is 0 Å². The molecule has 19 heavy (non-hydrogen) atoms. The predicted molar refractivity (Wildman–Crippen MR) is 63.2 cm³/mol. The van der Waals surface area contributed by atoms with E-state index in [0.717, 1.165) is 5.69 Å². The number of hydrogen-bond donors (Lipinski definition) is 1. The number of benzene rings is 1. The molecule has 3 rings (SSSR count). The number of nitrogens with zero attached hydrogens (tertiary/aromatic N) is 2. The van der Waals surface area contributed by atoms with Gasteiger partial charge in [0.15, 0.2) is 11.5 Å². The van der Waals surface area contributed by atoms with Gasteiger partial charge in [-0.2, -0.15) is 5.10 Å². The van der Waals surface area contributed by atoms with Gasteiger partial charge in [-0.3, -0.25) is 4.68 Å². The number of alkyl halides is 2. The van der Waals surface area contributed by atoms with E-state index in [0.29, 0.717) is 12.2 Å². The van der Waals surface area contributed by atoms with E-state index in [4.69, 9.17) is 0 Å². The summed E-state index contributed by atoms with van der Waals surface area (Å²) in [5, 5.41) is 7.27. The van der Waals surface area contributed by atoms with Crippen LogP contribution in [0, 0.1) is 0 Å². The molecule has 0 saturated carbocycles. The number of hydrogen-bond acceptors (Lipinski definition) is 4. The number of fused-ring (bicyclic) bond motifs is 1. The Morgan fingerprint density at radius 3 is 2.79 bits per heavy atom. The Balaban J connectivity index is 1.70.